The van der Waals surface area contributed by atoms with Gasteiger partial charge in [-0.2, -0.15) is 0 Å². The molecule has 0 aliphatic carbocycles. The van der Waals surface area contributed by atoms with Gasteiger partial charge in [-0.05, 0) is 31.4 Å². The number of fused-ring (bicyclic) bond motifs is 1. The van der Waals surface area contributed by atoms with Crippen LogP contribution in [-0.2, 0) is 16.0 Å². The Morgan fingerprint density at radius 2 is 2.00 bits per heavy atom. The summed E-state index contributed by atoms with van der Waals surface area (Å²) in [5.41, 5.74) is 0.552. The molecule has 0 spiro atoms. The van der Waals surface area contributed by atoms with Crippen molar-refractivity contribution in [2.45, 2.75) is 26.2 Å². The van der Waals surface area contributed by atoms with Crippen molar-refractivity contribution in [1.82, 2.24) is 9.80 Å². The third kappa shape index (κ3) is 3.31. The van der Waals surface area contributed by atoms with Gasteiger partial charge in [-0.3, -0.25) is 9.59 Å². The first-order chi connectivity index (χ1) is 11.5. The summed E-state index contributed by atoms with van der Waals surface area (Å²) in [7, 11) is 0. The van der Waals surface area contributed by atoms with Crippen molar-refractivity contribution in [2.24, 2.45) is 11.3 Å². The molecule has 3 rings (SSSR count). The minimum absolute atomic E-state index is 0.0143. The molecule has 2 fully saturated rings. The third-order valence-electron chi connectivity index (χ3n) is 5.70. The Balaban J connectivity index is 1.69. The van der Waals surface area contributed by atoms with Gasteiger partial charge in [0.15, 0.2) is 0 Å². The molecule has 2 aliphatic rings. The second kappa shape index (κ2) is 6.93. The first-order valence-electron chi connectivity index (χ1n) is 8.76. The van der Waals surface area contributed by atoms with E-state index in [1.165, 1.54) is 12.5 Å². The van der Waals surface area contributed by atoms with E-state index in [-0.39, 0.29) is 11.8 Å². The van der Waals surface area contributed by atoms with Crippen LogP contribution in [0.2, 0.25) is 0 Å². The van der Waals surface area contributed by atoms with Crippen LogP contribution >= 0.6 is 0 Å². The van der Waals surface area contributed by atoms with Crippen molar-refractivity contribution in [3.63, 3.8) is 0 Å². The van der Waals surface area contributed by atoms with Crippen LogP contribution in [0.25, 0.3) is 0 Å². The molecule has 2 heterocycles. The molecule has 24 heavy (non-hydrogen) atoms. The van der Waals surface area contributed by atoms with Gasteiger partial charge < -0.3 is 14.9 Å². The summed E-state index contributed by atoms with van der Waals surface area (Å²) in [6.45, 7) is 5.13. The molecule has 2 atom stereocenters. The maximum Gasteiger partial charge on any atom is 0.311 e. The van der Waals surface area contributed by atoms with E-state index in [0.717, 1.165) is 32.5 Å². The molecule has 2 aliphatic heterocycles. The number of carbonyl (C=O) groups is 2. The number of amides is 1. The average Bonchev–Trinajstić information content (AvgIpc) is 2.84. The van der Waals surface area contributed by atoms with Crippen LogP contribution in [0.3, 0.4) is 0 Å². The van der Waals surface area contributed by atoms with Crippen molar-refractivity contribution < 1.29 is 14.7 Å². The number of benzene rings is 1. The number of nitrogens with zero attached hydrogens (tertiary/aromatic N) is 2. The minimum atomic E-state index is -0.757. The molecular formula is C19H26N2O3. The Kier molecular flexibility index (Phi) is 4.90. The zero-order valence-corrected chi connectivity index (χ0v) is 14.3. The second-order valence-electron chi connectivity index (χ2n) is 7.20. The molecule has 0 radical (unpaired) electrons. The van der Waals surface area contributed by atoms with Crippen LogP contribution < -0.4 is 0 Å². The summed E-state index contributed by atoms with van der Waals surface area (Å²) in [5, 5.41) is 9.86. The second-order valence-corrected chi connectivity index (χ2v) is 7.20. The van der Waals surface area contributed by atoms with Crippen molar-refractivity contribution in [2.75, 3.05) is 32.7 Å². The van der Waals surface area contributed by atoms with Crippen LogP contribution in [0.1, 0.15) is 25.3 Å². The standard InChI is InChI=1S/C19H26N2O3/c1-15(22)21-13-17-12-20(11-8-16-6-3-2-4-7-16)10-5-9-19(17,14-21)18(23)24/h2-4,6-7,17H,5,8-14H2,1H3,(H,23,24)/t17-,19-/m1/s1. The van der Waals surface area contributed by atoms with Gasteiger partial charge >= 0.3 is 5.97 Å². The highest BCUT2D eigenvalue weighted by molar-refractivity contribution is 5.80. The Hall–Kier alpha value is -1.88. The molecule has 130 valence electrons. The Bertz CT molecular complexity index is 604. The van der Waals surface area contributed by atoms with Crippen molar-refractivity contribution in [3.05, 3.63) is 35.9 Å². The van der Waals surface area contributed by atoms with E-state index in [2.05, 4.69) is 29.2 Å². The molecule has 5 heteroatoms. The molecular weight excluding hydrogens is 304 g/mol. The van der Waals surface area contributed by atoms with Gasteiger partial charge in [0.05, 0.1) is 5.41 Å². The molecule has 5 nitrogen and oxygen atoms in total. The van der Waals surface area contributed by atoms with E-state index in [1.54, 1.807) is 4.90 Å². The number of carboxylic acid groups (broad SMARTS) is 1. The van der Waals surface area contributed by atoms with E-state index in [9.17, 15) is 14.7 Å². The van der Waals surface area contributed by atoms with Crippen molar-refractivity contribution in [3.8, 4) is 0 Å². The number of hydrogen-bond acceptors (Lipinski definition) is 3. The zero-order valence-electron chi connectivity index (χ0n) is 14.3. The van der Waals surface area contributed by atoms with Crippen molar-refractivity contribution >= 4 is 11.9 Å². The molecule has 1 aromatic rings. The van der Waals surface area contributed by atoms with Gasteiger partial charge in [0.2, 0.25) is 5.91 Å². The summed E-state index contributed by atoms with van der Waals surface area (Å²) in [6, 6.07) is 10.4. The quantitative estimate of drug-likeness (QED) is 0.916. The number of likely N-dealkylation sites (tertiary alicyclic amines) is 2. The lowest BCUT2D eigenvalue weighted by Crippen LogP contribution is -2.41. The molecule has 0 aromatic heterocycles. The number of hydrogen-bond donors (Lipinski definition) is 1. The Morgan fingerprint density at radius 1 is 1.25 bits per heavy atom. The maximum atomic E-state index is 12.0. The Labute approximate surface area is 143 Å². The smallest absolute Gasteiger partial charge is 0.311 e. The van der Waals surface area contributed by atoms with Gasteiger partial charge in [0.25, 0.3) is 0 Å². The predicted octanol–water partition coefficient (Wildman–Crippen LogP) is 1.87. The first kappa shape index (κ1) is 17.0. The number of aliphatic carboxylic acids is 1. The largest absolute Gasteiger partial charge is 0.481 e. The maximum absolute atomic E-state index is 12.0. The van der Waals surface area contributed by atoms with E-state index >= 15 is 0 Å². The van der Waals surface area contributed by atoms with Gasteiger partial charge in [-0.1, -0.05) is 30.3 Å². The normalized spacial score (nSPS) is 27.5. The zero-order chi connectivity index (χ0) is 17.2. The first-order valence-corrected chi connectivity index (χ1v) is 8.76. The van der Waals surface area contributed by atoms with Gasteiger partial charge in [-0.15, -0.1) is 0 Å². The summed E-state index contributed by atoms with van der Waals surface area (Å²) in [4.78, 5) is 27.9. The van der Waals surface area contributed by atoms with Crippen LogP contribution in [0, 0.1) is 11.3 Å². The Morgan fingerprint density at radius 3 is 2.67 bits per heavy atom. The molecule has 2 saturated heterocycles. The number of carboxylic acids is 1. The van der Waals surface area contributed by atoms with Gasteiger partial charge in [0.1, 0.15) is 0 Å². The highest BCUT2D eigenvalue weighted by Crippen LogP contribution is 2.42. The molecule has 1 aromatic carbocycles. The molecule has 1 N–H and O–H groups in total. The van der Waals surface area contributed by atoms with Crippen LogP contribution in [0.5, 0.6) is 0 Å². The minimum Gasteiger partial charge on any atom is -0.481 e. The summed E-state index contributed by atoms with van der Waals surface area (Å²) >= 11 is 0. The highest BCUT2D eigenvalue weighted by Gasteiger charge is 2.53. The monoisotopic (exact) mass is 330 g/mol. The van der Waals surface area contributed by atoms with Crippen LogP contribution in [0.15, 0.2) is 30.3 Å². The highest BCUT2D eigenvalue weighted by atomic mass is 16.4. The predicted molar refractivity (Wildman–Crippen MR) is 91.6 cm³/mol. The SMILES string of the molecule is CC(=O)N1C[C@H]2CN(CCc3ccccc3)CCC[C@@]2(C(=O)O)C1. The van der Waals surface area contributed by atoms with Gasteiger partial charge in [0, 0.05) is 39.0 Å². The molecule has 0 unspecified atom stereocenters. The summed E-state index contributed by atoms with van der Waals surface area (Å²) in [5.74, 6) is -0.724. The van der Waals surface area contributed by atoms with E-state index in [4.69, 9.17) is 0 Å². The van der Waals surface area contributed by atoms with Gasteiger partial charge in [-0.25, -0.2) is 0 Å². The summed E-state index contributed by atoms with van der Waals surface area (Å²) in [6.07, 6.45) is 2.52. The van der Waals surface area contributed by atoms with Crippen LogP contribution in [-0.4, -0.2) is 59.5 Å². The summed E-state index contributed by atoms with van der Waals surface area (Å²) < 4.78 is 0. The molecule has 1 amide bonds. The van der Waals surface area contributed by atoms with E-state index in [1.807, 2.05) is 6.07 Å². The topological polar surface area (TPSA) is 60.9 Å². The third-order valence-corrected chi connectivity index (χ3v) is 5.70. The fourth-order valence-corrected chi connectivity index (χ4v) is 4.24. The van der Waals surface area contributed by atoms with Crippen LogP contribution in [0.4, 0.5) is 0 Å². The van der Waals surface area contributed by atoms with E-state index in [0.29, 0.717) is 19.5 Å². The fourth-order valence-electron chi connectivity index (χ4n) is 4.24. The lowest BCUT2D eigenvalue weighted by Gasteiger charge is -2.29. The van der Waals surface area contributed by atoms with E-state index < -0.39 is 11.4 Å². The lowest BCUT2D eigenvalue weighted by molar-refractivity contribution is -0.151. The molecule has 0 saturated carbocycles. The lowest BCUT2D eigenvalue weighted by atomic mass is 9.75. The van der Waals surface area contributed by atoms with Crippen molar-refractivity contribution in [1.29, 1.82) is 0 Å². The molecule has 0 bridgehead atoms. The number of rotatable bonds is 4. The average molecular weight is 330 g/mol. The number of carbonyl (C=O) groups excluding carboxylic acids is 1. The fraction of sp³-hybridized carbons (Fsp3) is 0.579.